The summed E-state index contributed by atoms with van der Waals surface area (Å²) in [5, 5.41) is 14.3. The van der Waals surface area contributed by atoms with E-state index in [0.717, 1.165) is 0 Å². The third-order valence-corrected chi connectivity index (χ3v) is 2.06. The van der Waals surface area contributed by atoms with E-state index in [4.69, 9.17) is 5.11 Å². The first-order chi connectivity index (χ1) is 7.43. The van der Waals surface area contributed by atoms with Crippen LogP contribution in [0.25, 0.3) is 0 Å². The fraction of sp³-hybridized carbons (Fsp3) is 0.818. The minimum atomic E-state index is -0.452. The number of amides is 2. The van der Waals surface area contributed by atoms with Gasteiger partial charge in [-0.2, -0.15) is 0 Å². The summed E-state index contributed by atoms with van der Waals surface area (Å²) in [6.07, 6.45) is 0.325. The van der Waals surface area contributed by atoms with Crippen molar-refractivity contribution in [2.45, 2.75) is 39.7 Å². The molecular formula is C11H22N2O3. The molecule has 0 aromatic heterocycles. The molecule has 0 saturated carbocycles. The number of hydrogen-bond donors (Lipinski definition) is 3. The van der Waals surface area contributed by atoms with Crippen molar-refractivity contribution in [3.8, 4) is 0 Å². The Kier molecular flexibility index (Phi) is 7.54. The second kappa shape index (κ2) is 8.10. The lowest BCUT2D eigenvalue weighted by molar-refractivity contribution is -0.124. The maximum absolute atomic E-state index is 11.2. The van der Waals surface area contributed by atoms with E-state index >= 15 is 0 Å². The number of carbonyl (C=O) groups is 2. The summed E-state index contributed by atoms with van der Waals surface area (Å²) in [6, 6.07) is 0. The standard InChI is InChI=1S/C11H22N2O3/c1-8(2)11(16)13-7-6-12-10(15)5-4-9(3)14/h8-9,14H,4-7H2,1-3H3,(H,12,15)(H,13,16). The van der Waals surface area contributed by atoms with Crippen LogP contribution >= 0.6 is 0 Å². The van der Waals surface area contributed by atoms with E-state index in [1.54, 1.807) is 6.92 Å². The molecule has 16 heavy (non-hydrogen) atoms. The molecule has 2 amide bonds. The summed E-state index contributed by atoms with van der Waals surface area (Å²) in [5.74, 6) is -0.149. The third-order valence-electron chi connectivity index (χ3n) is 2.06. The zero-order valence-corrected chi connectivity index (χ0v) is 10.2. The average Bonchev–Trinajstić information content (AvgIpc) is 2.20. The van der Waals surface area contributed by atoms with E-state index in [1.807, 2.05) is 13.8 Å². The lowest BCUT2D eigenvalue weighted by Gasteiger charge is -2.09. The van der Waals surface area contributed by atoms with Gasteiger partial charge in [-0.05, 0) is 13.3 Å². The van der Waals surface area contributed by atoms with Crippen LogP contribution in [-0.2, 0) is 9.59 Å². The Morgan fingerprint density at radius 2 is 1.69 bits per heavy atom. The van der Waals surface area contributed by atoms with Crippen molar-refractivity contribution in [1.29, 1.82) is 0 Å². The van der Waals surface area contributed by atoms with Crippen molar-refractivity contribution in [1.82, 2.24) is 10.6 Å². The molecule has 3 N–H and O–H groups in total. The van der Waals surface area contributed by atoms with Crippen molar-refractivity contribution in [3.05, 3.63) is 0 Å². The maximum Gasteiger partial charge on any atom is 0.222 e. The van der Waals surface area contributed by atoms with Gasteiger partial charge in [0.15, 0.2) is 0 Å². The van der Waals surface area contributed by atoms with Gasteiger partial charge in [-0.25, -0.2) is 0 Å². The predicted molar refractivity (Wildman–Crippen MR) is 61.8 cm³/mol. The number of nitrogens with one attached hydrogen (secondary N) is 2. The molecule has 0 heterocycles. The van der Waals surface area contributed by atoms with Crippen LogP contribution in [0.15, 0.2) is 0 Å². The molecule has 1 unspecified atom stereocenters. The second-order valence-electron chi connectivity index (χ2n) is 4.18. The summed E-state index contributed by atoms with van der Waals surface area (Å²) in [7, 11) is 0. The fourth-order valence-corrected chi connectivity index (χ4v) is 1.02. The van der Waals surface area contributed by atoms with Crippen LogP contribution in [0, 0.1) is 5.92 Å². The Morgan fingerprint density at radius 3 is 2.19 bits per heavy atom. The molecule has 1 atom stereocenters. The van der Waals surface area contributed by atoms with E-state index < -0.39 is 6.10 Å². The average molecular weight is 230 g/mol. The van der Waals surface area contributed by atoms with Crippen molar-refractivity contribution in [2.75, 3.05) is 13.1 Å². The number of hydrogen-bond acceptors (Lipinski definition) is 3. The molecule has 0 aliphatic heterocycles. The van der Waals surface area contributed by atoms with E-state index in [2.05, 4.69) is 10.6 Å². The zero-order valence-electron chi connectivity index (χ0n) is 10.2. The zero-order chi connectivity index (χ0) is 12.6. The third kappa shape index (κ3) is 8.23. The summed E-state index contributed by atoms with van der Waals surface area (Å²) >= 11 is 0. The molecule has 94 valence electrons. The monoisotopic (exact) mass is 230 g/mol. The highest BCUT2D eigenvalue weighted by molar-refractivity contribution is 5.78. The van der Waals surface area contributed by atoms with E-state index in [9.17, 15) is 9.59 Å². The van der Waals surface area contributed by atoms with Crippen LogP contribution in [-0.4, -0.2) is 36.1 Å². The van der Waals surface area contributed by atoms with Crippen molar-refractivity contribution >= 4 is 11.8 Å². The van der Waals surface area contributed by atoms with Gasteiger partial charge in [0.05, 0.1) is 6.10 Å². The molecular weight excluding hydrogens is 208 g/mol. The minimum absolute atomic E-state index is 0.0155. The highest BCUT2D eigenvalue weighted by Crippen LogP contribution is 1.94. The molecule has 0 rings (SSSR count). The molecule has 0 saturated heterocycles. The highest BCUT2D eigenvalue weighted by Gasteiger charge is 2.06. The molecule has 5 heteroatoms. The van der Waals surface area contributed by atoms with Crippen LogP contribution in [0.5, 0.6) is 0 Å². The van der Waals surface area contributed by atoms with Crippen molar-refractivity contribution < 1.29 is 14.7 Å². The molecule has 5 nitrogen and oxygen atoms in total. The molecule has 0 radical (unpaired) electrons. The largest absolute Gasteiger partial charge is 0.393 e. The molecule has 0 aliphatic carbocycles. The van der Waals surface area contributed by atoms with Gasteiger partial charge in [-0.15, -0.1) is 0 Å². The SMILES string of the molecule is CC(O)CCC(=O)NCCNC(=O)C(C)C. The van der Waals surface area contributed by atoms with Gasteiger partial charge in [-0.3, -0.25) is 9.59 Å². The first-order valence-electron chi connectivity index (χ1n) is 5.66. The predicted octanol–water partition coefficient (Wildman–Crippen LogP) is 0.0358. The molecule has 0 aromatic rings. The molecule has 0 spiro atoms. The molecule has 0 bridgehead atoms. The van der Waals surface area contributed by atoms with Crippen molar-refractivity contribution in [3.63, 3.8) is 0 Å². The number of aliphatic hydroxyl groups excluding tert-OH is 1. The summed E-state index contributed by atoms with van der Waals surface area (Å²) in [6.45, 7) is 6.15. The van der Waals surface area contributed by atoms with Gasteiger partial charge in [0.1, 0.15) is 0 Å². The Hall–Kier alpha value is -1.10. The van der Waals surface area contributed by atoms with Crippen LogP contribution in [0.3, 0.4) is 0 Å². The Balaban J connectivity index is 3.45. The van der Waals surface area contributed by atoms with Crippen LogP contribution in [0.1, 0.15) is 33.6 Å². The Morgan fingerprint density at radius 1 is 1.12 bits per heavy atom. The van der Waals surface area contributed by atoms with Gasteiger partial charge in [-0.1, -0.05) is 13.8 Å². The van der Waals surface area contributed by atoms with Crippen LogP contribution in [0.2, 0.25) is 0 Å². The molecule has 0 aliphatic rings. The maximum atomic E-state index is 11.2. The second-order valence-corrected chi connectivity index (χ2v) is 4.18. The first kappa shape index (κ1) is 14.9. The first-order valence-corrected chi connectivity index (χ1v) is 5.66. The Bertz CT molecular complexity index is 227. The van der Waals surface area contributed by atoms with Gasteiger partial charge < -0.3 is 15.7 Å². The number of carbonyl (C=O) groups excluding carboxylic acids is 2. The highest BCUT2D eigenvalue weighted by atomic mass is 16.3. The Labute approximate surface area is 96.6 Å². The smallest absolute Gasteiger partial charge is 0.222 e. The normalized spacial score (nSPS) is 12.3. The van der Waals surface area contributed by atoms with Gasteiger partial charge in [0.25, 0.3) is 0 Å². The van der Waals surface area contributed by atoms with Gasteiger partial charge in [0, 0.05) is 25.4 Å². The van der Waals surface area contributed by atoms with Crippen LogP contribution < -0.4 is 10.6 Å². The lowest BCUT2D eigenvalue weighted by atomic mass is 10.2. The topological polar surface area (TPSA) is 78.4 Å². The summed E-state index contributed by atoms with van der Waals surface area (Å²) in [4.78, 5) is 22.3. The minimum Gasteiger partial charge on any atom is -0.393 e. The fourth-order valence-electron chi connectivity index (χ4n) is 1.02. The van der Waals surface area contributed by atoms with E-state index in [0.29, 0.717) is 25.9 Å². The van der Waals surface area contributed by atoms with Gasteiger partial charge in [0.2, 0.25) is 11.8 Å². The summed E-state index contributed by atoms with van der Waals surface area (Å²) < 4.78 is 0. The van der Waals surface area contributed by atoms with E-state index in [1.165, 1.54) is 0 Å². The van der Waals surface area contributed by atoms with Crippen molar-refractivity contribution in [2.24, 2.45) is 5.92 Å². The summed E-state index contributed by atoms with van der Waals surface area (Å²) in [5.41, 5.74) is 0. The quantitative estimate of drug-likeness (QED) is 0.540. The lowest BCUT2D eigenvalue weighted by Crippen LogP contribution is -2.36. The molecule has 0 aromatic carbocycles. The van der Waals surface area contributed by atoms with Gasteiger partial charge >= 0.3 is 0 Å². The van der Waals surface area contributed by atoms with Crippen LogP contribution in [0.4, 0.5) is 0 Å². The number of rotatable bonds is 7. The molecule has 0 fully saturated rings. The number of aliphatic hydroxyl groups is 1. The van der Waals surface area contributed by atoms with E-state index in [-0.39, 0.29) is 17.7 Å².